The van der Waals surface area contributed by atoms with Crippen molar-refractivity contribution < 1.29 is 66.8 Å². The van der Waals surface area contributed by atoms with Crippen LogP contribution in [0.25, 0.3) is 0 Å². The summed E-state index contributed by atoms with van der Waals surface area (Å²) >= 11 is 0. The highest BCUT2D eigenvalue weighted by Gasteiger charge is 2.51. The maximum Gasteiger partial charge on any atom is 0.347 e. The number of carbonyl (C=O) groups excluding carboxylic acids is 8. The number of allylic oxidation sites excluding steroid dienone is 1. The Labute approximate surface area is 329 Å². The SMILES string of the molecule is CC(C)(c1ccc(Oc2ccc3c(c2)C(=O)OC3=O)cc1)c1ccc(Oc2ccc3c(c2)C(=O)OC3=O)cc1.CC1=CC(C2CC(=O)OC2=O)CC2C(=O)OC(=O)C12. The molecular formula is C44H32O14. The fourth-order valence-electron chi connectivity index (χ4n) is 7.75. The first-order valence-electron chi connectivity index (χ1n) is 18.2. The third kappa shape index (κ3) is 6.93. The lowest BCUT2D eigenvalue weighted by molar-refractivity contribution is -0.155. The van der Waals surface area contributed by atoms with Gasteiger partial charge in [-0.2, -0.15) is 0 Å². The van der Waals surface area contributed by atoms with Crippen LogP contribution in [0.4, 0.5) is 0 Å². The Hall–Kier alpha value is -7.22. The van der Waals surface area contributed by atoms with Crippen molar-refractivity contribution in [1.29, 1.82) is 0 Å². The molecule has 4 aliphatic heterocycles. The molecule has 4 heterocycles. The van der Waals surface area contributed by atoms with Crippen molar-refractivity contribution in [3.05, 3.63) is 130 Å². The number of hydrogen-bond donors (Lipinski definition) is 0. The number of cyclic esters (lactones) is 8. The highest BCUT2D eigenvalue weighted by Crippen LogP contribution is 2.44. The average Bonchev–Trinajstić information content (AvgIpc) is 3.88. The summed E-state index contributed by atoms with van der Waals surface area (Å²) in [7, 11) is 0. The van der Waals surface area contributed by atoms with E-state index < -0.39 is 65.5 Å². The van der Waals surface area contributed by atoms with Crippen molar-refractivity contribution in [3.63, 3.8) is 0 Å². The number of benzene rings is 4. The van der Waals surface area contributed by atoms with Gasteiger partial charge < -0.3 is 28.4 Å². The van der Waals surface area contributed by atoms with Gasteiger partial charge in [0.1, 0.15) is 23.0 Å². The number of ether oxygens (including phenoxy) is 6. The minimum Gasteiger partial charge on any atom is -0.457 e. The predicted molar refractivity (Wildman–Crippen MR) is 197 cm³/mol. The van der Waals surface area contributed by atoms with Crippen LogP contribution in [-0.4, -0.2) is 47.8 Å². The first kappa shape index (κ1) is 37.7. The van der Waals surface area contributed by atoms with Gasteiger partial charge in [-0.1, -0.05) is 49.8 Å². The number of esters is 8. The maximum atomic E-state index is 11.8. The fourth-order valence-corrected chi connectivity index (χ4v) is 7.75. The Morgan fingerprint density at radius 1 is 0.517 bits per heavy atom. The van der Waals surface area contributed by atoms with Crippen LogP contribution < -0.4 is 9.47 Å². The molecule has 2 fully saturated rings. The second-order valence-corrected chi connectivity index (χ2v) is 14.9. The molecule has 0 spiro atoms. The molecule has 4 aromatic carbocycles. The van der Waals surface area contributed by atoms with E-state index in [9.17, 15) is 38.4 Å². The van der Waals surface area contributed by atoms with Crippen LogP contribution in [0.2, 0.25) is 0 Å². The lowest BCUT2D eigenvalue weighted by Gasteiger charge is -2.27. The van der Waals surface area contributed by atoms with E-state index in [1.807, 2.05) is 48.5 Å². The molecule has 4 unspecified atom stereocenters. The number of carbonyl (C=O) groups is 8. The van der Waals surface area contributed by atoms with Crippen molar-refractivity contribution in [1.82, 2.24) is 0 Å². The van der Waals surface area contributed by atoms with E-state index in [0.717, 1.165) is 16.7 Å². The van der Waals surface area contributed by atoms with E-state index in [2.05, 4.69) is 32.8 Å². The van der Waals surface area contributed by atoms with Crippen LogP contribution in [0.15, 0.2) is 96.6 Å². The molecule has 0 bridgehead atoms. The van der Waals surface area contributed by atoms with Crippen LogP contribution in [-0.2, 0) is 43.5 Å². The molecule has 292 valence electrons. The molecule has 0 radical (unpaired) electrons. The molecule has 1 aliphatic carbocycles. The summed E-state index contributed by atoms with van der Waals surface area (Å²) in [5.41, 5.74) is 3.33. The predicted octanol–water partition coefficient (Wildman–Crippen LogP) is 6.58. The van der Waals surface area contributed by atoms with Crippen LogP contribution in [0.3, 0.4) is 0 Å². The standard InChI is InChI=1S/C31H20O8.C13H12O6/c1-31(2,17-3-7-19(8-4-17)36-21-11-13-23-25(15-21)29(34)38-27(23)32)18-5-9-20(10-6-18)37-22-12-14-24-26(16-22)30(35)39-28(24)33;1-5-2-6(7-4-9(14)18-11(7)15)3-8-10(5)13(17)19-12(8)16/h3-16H,1-2H3;2,6-8,10H,3-4H2,1H3. The van der Waals surface area contributed by atoms with E-state index in [0.29, 0.717) is 29.4 Å². The maximum absolute atomic E-state index is 11.8. The zero-order chi connectivity index (χ0) is 41.0. The van der Waals surface area contributed by atoms with E-state index in [-0.39, 0.29) is 40.0 Å². The highest BCUT2D eigenvalue weighted by atomic mass is 16.6. The molecule has 9 rings (SSSR count). The molecule has 0 N–H and O–H groups in total. The van der Waals surface area contributed by atoms with Crippen LogP contribution in [0.5, 0.6) is 23.0 Å². The van der Waals surface area contributed by atoms with E-state index >= 15 is 0 Å². The largest absolute Gasteiger partial charge is 0.457 e. The first-order valence-corrected chi connectivity index (χ1v) is 18.2. The van der Waals surface area contributed by atoms with Crippen molar-refractivity contribution in [2.24, 2.45) is 23.7 Å². The van der Waals surface area contributed by atoms with Crippen molar-refractivity contribution in [2.75, 3.05) is 0 Å². The van der Waals surface area contributed by atoms with Gasteiger partial charge in [0.05, 0.1) is 46.4 Å². The van der Waals surface area contributed by atoms with Gasteiger partial charge in [-0.25, -0.2) is 19.2 Å². The topological polar surface area (TPSA) is 192 Å². The third-order valence-electron chi connectivity index (χ3n) is 10.9. The Bertz CT molecular complexity index is 2380. The van der Waals surface area contributed by atoms with Gasteiger partial charge in [0, 0.05) is 5.41 Å². The Morgan fingerprint density at radius 3 is 1.43 bits per heavy atom. The van der Waals surface area contributed by atoms with Gasteiger partial charge in [0.2, 0.25) is 0 Å². The number of hydrogen-bond acceptors (Lipinski definition) is 14. The summed E-state index contributed by atoms with van der Waals surface area (Å²) in [4.78, 5) is 92.8. The highest BCUT2D eigenvalue weighted by molar-refractivity contribution is 6.15. The molecule has 0 amide bonds. The molecule has 4 aromatic rings. The Morgan fingerprint density at radius 2 is 0.966 bits per heavy atom. The smallest absolute Gasteiger partial charge is 0.347 e. The lowest BCUT2D eigenvalue weighted by atomic mass is 9.72. The zero-order valence-corrected chi connectivity index (χ0v) is 31.1. The molecule has 5 aliphatic rings. The normalized spacial score (nSPS) is 21.8. The minimum absolute atomic E-state index is 0.0354. The molecule has 58 heavy (non-hydrogen) atoms. The van der Waals surface area contributed by atoms with Crippen molar-refractivity contribution in [2.45, 2.75) is 39.0 Å². The van der Waals surface area contributed by atoms with Crippen LogP contribution >= 0.6 is 0 Å². The second-order valence-electron chi connectivity index (χ2n) is 14.9. The van der Waals surface area contributed by atoms with Gasteiger partial charge in [-0.15, -0.1) is 0 Å². The summed E-state index contributed by atoms with van der Waals surface area (Å²) in [5.74, 6) is -4.66. The molecule has 4 atom stereocenters. The average molecular weight is 785 g/mol. The summed E-state index contributed by atoms with van der Waals surface area (Å²) < 4.78 is 30.2. The van der Waals surface area contributed by atoms with Crippen molar-refractivity contribution in [3.8, 4) is 23.0 Å². The monoisotopic (exact) mass is 784 g/mol. The number of fused-ring (bicyclic) bond motifs is 3. The summed E-state index contributed by atoms with van der Waals surface area (Å²) in [6.45, 7) is 5.95. The van der Waals surface area contributed by atoms with E-state index in [4.69, 9.17) is 9.47 Å². The van der Waals surface area contributed by atoms with Gasteiger partial charge in [-0.3, -0.25) is 19.2 Å². The van der Waals surface area contributed by atoms with Gasteiger partial charge in [0.25, 0.3) is 0 Å². The quantitative estimate of drug-likeness (QED) is 0.0845. The van der Waals surface area contributed by atoms with Gasteiger partial charge in [0.15, 0.2) is 0 Å². The molecule has 2 saturated heterocycles. The van der Waals surface area contributed by atoms with Gasteiger partial charge in [-0.05, 0) is 91.1 Å². The third-order valence-corrected chi connectivity index (χ3v) is 10.9. The van der Waals surface area contributed by atoms with E-state index in [1.54, 1.807) is 25.1 Å². The lowest BCUT2D eigenvalue weighted by Crippen LogP contribution is -2.31. The summed E-state index contributed by atoms with van der Waals surface area (Å²) in [5, 5.41) is 0. The summed E-state index contributed by atoms with van der Waals surface area (Å²) in [6, 6.07) is 24.5. The molecule has 0 aromatic heterocycles. The molecule has 14 nitrogen and oxygen atoms in total. The Balaban J connectivity index is 0.000000206. The molecule has 0 saturated carbocycles. The molecular weight excluding hydrogens is 752 g/mol. The minimum atomic E-state index is -0.678. The number of rotatable bonds is 7. The van der Waals surface area contributed by atoms with Crippen LogP contribution in [0, 0.1) is 23.7 Å². The zero-order valence-electron chi connectivity index (χ0n) is 31.1. The fraction of sp³-hybridized carbons (Fsp3) is 0.227. The Kier molecular flexibility index (Phi) is 9.34. The van der Waals surface area contributed by atoms with E-state index in [1.165, 1.54) is 24.3 Å². The van der Waals surface area contributed by atoms with Crippen LogP contribution in [0.1, 0.15) is 86.2 Å². The van der Waals surface area contributed by atoms with Gasteiger partial charge >= 0.3 is 47.8 Å². The first-order chi connectivity index (χ1) is 27.7. The second kappa shape index (κ2) is 14.4. The molecule has 14 heteroatoms. The van der Waals surface area contributed by atoms with Crippen molar-refractivity contribution >= 4 is 47.8 Å². The summed E-state index contributed by atoms with van der Waals surface area (Å²) in [6.07, 6.45) is 2.18.